The highest BCUT2D eigenvalue weighted by molar-refractivity contribution is 14.0. The van der Waals surface area contributed by atoms with Gasteiger partial charge < -0.3 is 10.2 Å². The van der Waals surface area contributed by atoms with Crippen LogP contribution in [0.2, 0.25) is 0 Å². The molecule has 3 nitrogen and oxygen atoms in total. The van der Waals surface area contributed by atoms with Gasteiger partial charge in [0.05, 0.1) is 0 Å². The fraction of sp³-hybridized carbons (Fsp3) is 0.350. The molecule has 1 fully saturated rings. The second kappa shape index (κ2) is 9.85. The van der Waals surface area contributed by atoms with Gasteiger partial charge in [0.1, 0.15) is 11.6 Å². The number of likely N-dealkylation sites (tertiary alicyclic amines) is 1. The van der Waals surface area contributed by atoms with Crippen LogP contribution in [0.5, 0.6) is 0 Å². The van der Waals surface area contributed by atoms with Crippen LogP contribution in [0.15, 0.2) is 53.5 Å². The monoisotopic (exact) mass is 471 g/mol. The Bertz CT molecular complexity index is 717. The summed E-state index contributed by atoms with van der Waals surface area (Å²) in [7, 11) is 1.76. The highest BCUT2D eigenvalue weighted by atomic mass is 127. The lowest BCUT2D eigenvalue weighted by Crippen LogP contribution is -2.40. The largest absolute Gasteiger partial charge is 0.356 e. The lowest BCUT2D eigenvalue weighted by Gasteiger charge is -2.22. The molecule has 0 spiro atoms. The van der Waals surface area contributed by atoms with E-state index in [0.29, 0.717) is 24.4 Å². The molecule has 0 aliphatic carbocycles. The molecule has 1 heterocycles. The number of nitrogens with zero attached hydrogens (tertiary/aromatic N) is 2. The molecular weight excluding hydrogens is 447 g/mol. The standard InChI is InChI=1S/C20H23F2N3.HI/c1-23-20(24-9-7-15-11-18(21)13-19(22)12-15)25-10-8-17(14-25)16-5-3-2-4-6-16;/h2-6,11-13,17H,7-10,14H2,1H3,(H,23,24);1H. The molecule has 0 saturated carbocycles. The number of halogens is 3. The summed E-state index contributed by atoms with van der Waals surface area (Å²) in [6.07, 6.45) is 1.64. The van der Waals surface area contributed by atoms with Crippen molar-refractivity contribution in [1.82, 2.24) is 10.2 Å². The first-order chi connectivity index (χ1) is 12.2. The minimum atomic E-state index is -0.537. The molecule has 2 aromatic carbocycles. The number of nitrogens with one attached hydrogen (secondary N) is 1. The molecule has 0 bridgehead atoms. The lowest BCUT2D eigenvalue weighted by molar-refractivity contribution is 0.486. The normalized spacial score (nSPS) is 17.1. The van der Waals surface area contributed by atoms with Crippen molar-refractivity contribution >= 4 is 29.9 Å². The molecule has 0 aromatic heterocycles. The second-order valence-corrected chi connectivity index (χ2v) is 6.34. The Labute approximate surface area is 170 Å². The van der Waals surface area contributed by atoms with Crippen LogP contribution in [0.1, 0.15) is 23.5 Å². The summed E-state index contributed by atoms with van der Waals surface area (Å²) in [5.41, 5.74) is 2.00. The molecule has 2 aromatic rings. The third kappa shape index (κ3) is 5.40. The summed E-state index contributed by atoms with van der Waals surface area (Å²) in [5, 5.41) is 3.30. The number of rotatable bonds is 4. The molecule has 1 unspecified atom stereocenters. The Morgan fingerprint density at radius 3 is 2.50 bits per heavy atom. The molecule has 140 valence electrons. The van der Waals surface area contributed by atoms with Gasteiger partial charge in [-0.1, -0.05) is 30.3 Å². The minimum Gasteiger partial charge on any atom is -0.356 e. The van der Waals surface area contributed by atoms with E-state index < -0.39 is 11.6 Å². The second-order valence-electron chi connectivity index (χ2n) is 6.34. The van der Waals surface area contributed by atoms with Crippen molar-refractivity contribution in [3.8, 4) is 0 Å². The Morgan fingerprint density at radius 2 is 1.85 bits per heavy atom. The zero-order valence-corrected chi connectivity index (χ0v) is 17.1. The van der Waals surface area contributed by atoms with Gasteiger partial charge >= 0.3 is 0 Å². The summed E-state index contributed by atoms with van der Waals surface area (Å²) in [5.74, 6) is 0.279. The van der Waals surface area contributed by atoms with Crippen LogP contribution in [0, 0.1) is 11.6 Å². The van der Waals surface area contributed by atoms with E-state index in [1.807, 2.05) is 6.07 Å². The third-order valence-corrected chi connectivity index (χ3v) is 4.59. The Kier molecular flexibility index (Phi) is 7.81. The van der Waals surface area contributed by atoms with Crippen molar-refractivity contribution in [2.45, 2.75) is 18.8 Å². The van der Waals surface area contributed by atoms with Crippen molar-refractivity contribution in [3.63, 3.8) is 0 Å². The number of aliphatic imine (C=N–C) groups is 1. The zero-order valence-electron chi connectivity index (χ0n) is 14.8. The van der Waals surface area contributed by atoms with Crippen molar-refractivity contribution in [2.75, 3.05) is 26.7 Å². The first-order valence-electron chi connectivity index (χ1n) is 8.61. The molecule has 0 amide bonds. The lowest BCUT2D eigenvalue weighted by atomic mass is 9.99. The van der Waals surface area contributed by atoms with Crippen LogP contribution >= 0.6 is 24.0 Å². The molecular formula is C20H24F2IN3. The van der Waals surface area contributed by atoms with Crippen LogP contribution in [-0.4, -0.2) is 37.5 Å². The van der Waals surface area contributed by atoms with Gasteiger partial charge in [0, 0.05) is 38.7 Å². The average Bonchev–Trinajstić information content (AvgIpc) is 3.08. The molecule has 1 N–H and O–H groups in total. The highest BCUT2D eigenvalue weighted by Gasteiger charge is 2.25. The third-order valence-electron chi connectivity index (χ3n) is 4.59. The van der Waals surface area contributed by atoms with E-state index in [-0.39, 0.29) is 24.0 Å². The molecule has 0 radical (unpaired) electrons. The van der Waals surface area contributed by atoms with Gasteiger partial charge in [0.2, 0.25) is 0 Å². The SMILES string of the molecule is CN=C(NCCc1cc(F)cc(F)c1)N1CCC(c2ccccc2)C1.I. The first-order valence-corrected chi connectivity index (χ1v) is 8.61. The van der Waals surface area contributed by atoms with Gasteiger partial charge in [0.15, 0.2) is 5.96 Å². The van der Waals surface area contributed by atoms with Crippen molar-refractivity contribution in [2.24, 2.45) is 4.99 Å². The molecule has 3 rings (SSSR count). The van der Waals surface area contributed by atoms with E-state index in [0.717, 1.165) is 31.5 Å². The summed E-state index contributed by atoms with van der Waals surface area (Å²) < 4.78 is 26.5. The number of guanidine groups is 1. The topological polar surface area (TPSA) is 27.6 Å². The van der Waals surface area contributed by atoms with Crippen LogP contribution in [0.3, 0.4) is 0 Å². The molecule has 1 saturated heterocycles. The predicted molar refractivity (Wildman–Crippen MR) is 112 cm³/mol. The maximum absolute atomic E-state index is 13.2. The number of hydrogen-bond donors (Lipinski definition) is 1. The summed E-state index contributed by atoms with van der Waals surface area (Å²) in [4.78, 5) is 6.59. The Balaban J connectivity index is 0.00000243. The summed E-state index contributed by atoms with van der Waals surface area (Å²) in [6, 6.07) is 14.2. The highest BCUT2D eigenvalue weighted by Crippen LogP contribution is 2.26. The van der Waals surface area contributed by atoms with Crippen molar-refractivity contribution in [1.29, 1.82) is 0 Å². The van der Waals surface area contributed by atoms with Gasteiger partial charge in [-0.05, 0) is 36.1 Å². The van der Waals surface area contributed by atoms with E-state index in [4.69, 9.17) is 0 Å². The van der Waals surface area contributed by atoms with Gasteiger partial charge in [-0.25, -0.2) is 8.78 Å². The zero-order chi connectivity index (χ0) is 17.6. The predicted octanol–water partition coefficient (Wildman–Crippen LogP) is 4.19. The van der Waals surface area contributed by atoms with Gasteiger partial charge in [-0.3, -0.25) is 4.99 Å². The van der Waals surface area contributed by atoms with E-state index >= 15 is 0 Å². The van der Waals surface area contributed by atoms with Crippen LogP contribution < -0.4 is 5.32 Å². The van der Waals surface area contributed by atoms with E-state index in [2.05, 4.69) is 39.5 Å². The number of benzene rings is 2. The maximum atomic E-state index is 13.2. The summed E-state index contributed by atoms with van der Waals surface area (Å²) >= 11 is 0. The van der Waals surface area contributed by atoms with Crippen LogP contribution in [0.25, 0.3) is 0 Å². The average molecular weight is 471 g/mol. The first kappa shape index (κ1) is 20.6. The minimum absolute atomic E-state index is 0. The van der Waals surface area contributed by atoms with Crippen LogP contribution in [-0.2, 0) is 6.42 Å². The molecule has 1 aliphatic heterocycles. The van der Waals surface area contributed by atoms with E-state index in [1.54, 1.807) is 7.05 Å². The van der Waals surface area contributed by atoms with Crippen molar-refractivity contribution in [3.05, 3.63) is 71.3 Å². The molecule has 26 heavy (non-hydrogen) atoms. The fourth-order valence-corrected chi connectivity index (χ4v) is 3.36. The Morgan fingerprint density at radius 1 is 1.15 bits per heavy atom. The van der Waals surface area contributed by atoms with E-state index in [1.165, 1.54) is 17.7 Å². The van der Waals surface area contributed by atoms with Crippen LogP contribution in [0.4, 0.5) is 8.78 Å². The quantitative estimate of drug-likeness (QED) is 0.412. The molecule has 1 atom stereocenters. The fourth-order valence-electron chi connectivity index (χ4n) is 3.36. The van der Waals surface area contributed by atoms with E-state index in [9.17, 15) is 8.78 Å². The molecule has 6 heteroatoms. The molecule has 1 aliphatic rings. The van der Waals surface area contributed by atoms with Crippen molar-refractivity contribution < 1.29 is 8.78 Å². The maximum Gasteiger partial charge on any atom is 0.193 e. The van der Waals surface area contributed by atoms with Gasteiger partial charge in [-0.15, -0.1) is 24.0 Å². The van der Waals surface area contributed by atoms with Gasteiger partial charge in [0.25, 0.3) is 0 Å². The smallest absolute Gasteiger partial charge is 0.193 e. The van der Waals surface area contributed by atoms with Gasteiger partial charge in [-0.2, -0.15) is 0 Å². The number of hydrogen-bond acceptors (Lipinski definition) is 1. The Hall–Kier alpha value is -1.70. The summed E-state index contributed by atoms with van der Waals surface area (Å²) in [6.45, 7) is 2.47.